The molecule has 1 saturated heterocycles. The van der Waals surface area contributed by atoms with E-state index in [4.69, 9.17) is 24.6 Å². The van der Waals surface area contributed by atoms with Crippen LogP contribution in [-0.4, -0.2) is 51.1 Å². The normalized spacial score (nSPS) is 16.2. The SMILES string of the molecule is Cl.O=C(O)C(F)(F)F.O=C(O)C(F)(F)F.c1ncc([C@@H]2CCON2)cn1. The minimum Gasteiger partial charge on any atom is -0.475 e. The summed E-state index contributed by atoms with van der Waals surface area (Å²) in [5.74, 6) is -5.51. The van der Waals surface area contributed by atoms with Gasteiger partial charge in [0, 0.05) is 18.0 Å². The van der Waals surface area contributed by atoms with Crippen LogP contribution in [0.15, 0.2) is 18.7 Å². The van der Waals surface area contributed by atoms with Gasteiger partial charge in [0.05, 0.1) is 12.6 Å². The van der Waals surface area contributed by atoms with E-state index in [1.165, 1.54) is 6.33 Å². The van der Waals surface area contributed by atoms with Gasteiger partial charge in [-0.2, -0.15) is 31.8 Å². The number of nitrogens with zero attached hydrogens (tertiary/aromatic N) is 2. The molecule has 0 aromatic carbocycles. The third kappa shape index (κ3) is 11.4. The number of alkyl halides is 6. The van der Waals surface area contributed by atoms with E-state index in [2.05, 4.69) is 15.4 Å². The molecule has 1 aliphatic rings. The van der Waals surface area contributed by atoms with Crippen molar-refractivity contribution < 1.29 is 51.0 Å². The first-order chi connectivity index (χ1) is 11.4. The average Bonchev–Trinajstić information content (AvgIpc) is 3.01. The van der Waals surface area contributed by atoms with Gasteiger partial charge in [-0.25, -0.2) is 19.6 Å². The van der Waals surface area contributed by atoms with Crippen molar-refractivity contribution in [1.29, 1.82) is 0 Å². The molecule has 2 rings (SSSR count). The van der Waals surface area contributed by atoms with Crippen molar-refractivity contribution in [2.24, 2.45) is 0 Å². The molecule has 0 saturated carbocycles. The Morgan fingerprint density at radius 2 is 1.42 bits per heavy atom. The Bertz CT molecular complexity index is 527. The number of aromatic nitrogens is 2. The highest BCUT2D eigenvalue weighted by Crippen LogP contribution is 2.18. The minimum absolute atomic E-state index is 0. The highest BCUT2D eigenvalue weighted by molar-refractivity contribution is 5.85. The van der Waals surface area contributed by atoms with Crippen molar-refractivity contribution in [1.82, 2.24) is 15.4 Å². The number of rotatable bonds is 1. The Morgan fingerprint density at radius 1 is 1.04 bits per heavy atom. The van der Waals surface area contributed by atoms with E-state index in [1.807, 2.05) is 0 Å². The topological polar surface area (TPSA) is 122 Å². The van der Waals surface area contributed by atoms with E-state index in [9.17, 15) is 26.3 Å². The second-order valence-electron chi connectivity index (χ2n) is 4.09. The van der Waals surface area contributed by atoms with Crippen molar-refractivity contribution >= 4 is 24.3 Å². The monoisotopic (exact) mass is 415 g/mol. The van der Waals surface area contributed by atoms with Crippen LogP contribution in [0.1, 0.15) is 18.0 Å². The molecule has 1 fully saturated rings. The second-order valence-corrected chi connectivity index (χ2v) is 4.09. The molecule has 0 aliphatic carbocycles. The predicted octanol–water partition coefficient (Wildman–Crippen LogP) is 2.13. The molecule has 0 amide bonds. The molecule has 0 bridgehead atoms. The maximum absolute atomic E-state index is 10.6. The lowest BCUT2D eigenvalue weighted by Crippen LogP contribution is -2.21. The van der Waals surface area contributed by atoms with Gasteiger partial charge in [-0.15, -0.1) is 12.4 Å². The summed E-state index contributed by atoms with van der Waals surface area (Å²) >= 11 is 0. The van der Waals surface area contributed by atoms with Gasteiger partial charge < -0.3 is 15.1 Å². The molecule has 3 N–H and O–H groups in total. The van der Waals surface area contributed by atoms with Crippen LogP contribution in [0.2, 0.25) is 0 Å². The summed E-state index contributed by atoms with van der Waals surface area (Å²) in [6.07, 6.45) is -4.04. The van der Waals surface area contributed by atoms with Gasteiger partial charge in [-0.05, 0) is 6.42 Å². The van der Waals surface area contributed by atoms with Gasteiger partial charge in [0.25, 0.3) is 0 Å². The summed E-state index contributed by atoms with van der Waals surface area (Å²) in [5.41, 5.74) is 3.98. The standard InChI is InChI=1S/C7H9N3O.2C2HF3O2.ClH/c1-2-11-10-7(1)6-3-8-5-9-4-6;2*3-2(4,5)1(6)7;/h3-5,7,10H,1-2H2;2*(H,6,7);1H/t7-;;;/m0.../s1. The summed E-state index contributed by atoms with van der Waals surface area (Å²) in [6, 6.07) is 0.274. The number of halogens is 7. The van der Waals surface area contributed by atoms with Crippen LogP contribution in [0.4, 0.5) is 26.3 Å². The molecule has 1 aromatic heterocycles. The highest BCUT2D eigenvalue weighted by atomic mass is 35.5. The summed E-state index contributed by atoms with van der Waals surface area (Å²) in [4.78, 5) is 30.6. The number of hydrogen-bond donors (Lipinski definition) is 3. The number of carbonyl (C=O) groups is 2. The van der Waals surface area contributed by atoms with Crippen LogP contribution >= 0.6 is 12.4 Å². The Morgan fingerprint density at radius 3 is 1.69 bits per heavy atom. The van der Waals surface area contributed by atoms with Gasteiger partial charge >= 0.3 is 24.3 Å². The highest BCUT2D eigenvalue weighted by Gasteiger charge is 2.38. The Kier molecular flexibility index (Phi) is 11.4. The first kappa shape index (κ1) is 26.0. The van der Waals surface area contributed by atoms with Crippen LogP contribution in [-0.2, 0) is 14.4 Å². The summed E-state index contributed by atoms with van der Waals surface area (Å²) in [6.45, 7) is 0.763. The molecule has 150 valence electrons. The lowest BCUT2D eigenvalue weighted by Gasteiger charge is -2.05. The second kappa shape index (κ2) is 11.4. The van der Waals surface area contributed by atoms with Gasteiger partial charge in [0.15, 0.2) is 0 Å². The maximum Gasteiger partial charge on any atom is 0.490 e. The molecule has 1 aromatic rings. The number of aliphatic carboxylic acids is 2. The van der Waals surface area contributed by atoms with Crippen molar-refractivity contribution in [2.75, 3.05) is 6.61 Å². The third-order valence-corrected chi connectivity index (χ3v) is 2.20. The molecule has 0 radical (unpaired) electrons. The van der Waals surface area contributed by atoms with Crippen LogP contribution in [0.25, 0.3) is 0 Å². The first-order valence-electron chi connectivity index (χ1n) is 6.08. The predicted molar refractivity (Wildman–Crippen MR) is 73.1 cm³/mol. The molecule has 1 aliphatic heterocycles. The van der Waals surface area contributed by atoms with Crippen LogP contribution in [0.3, 0.4) is 0 Å². The molecule has 2 heterocycles. The van der Waals surface area contributed by atoms with Crippen molar-refractivity contribution in [3.63, 3.8) is 0 Å². The summed E-state index contributed by atoms with van der Waals surface area (Å²) in [7, 11) is 0. The summed E-state index contributed by atoms with van der Waals surface area (Å²) < 4.78 is 63.5. The molecular weight excluding hydrogens is 404 g/mol. The lowest BCUT2D eigenvalue weighted by atomic mass is 10.1. The number of carboxylic acid groups (broad SMARTS) is 2. The fourth-order valence-corrected chi connectivity index (χ4v) is 1.12. The smallest absolute Gasteiger partial charge is 0.475 e. The first-order valence-corrected chi connectivity index (χ1v) is 6.08. The van der Waals surface area contributed by atoms with E-state index < -0.39 is 24.3 Å². The van der Waals surface area contributed by atoms with E-state index in [0.717, 1.165) is 18.6 Å². The van der Waals surface area contributed by atoms with E-state index in [0.29, 0.717) is 0 Å². The molecule has 26 heavy (non-hydrogen) atoms. The molecule has 1 atom stereocenters. The zero-order valence-electron chi connectivity index (χ0n) is 12.4. The van der Waals surface area contributed by atoms with E-state index >= 15 is 0 Å². The third-order valence-electron chi connectivity index (χ3n) is 2.20. The summed E-state index contributed by atoms with van der Waals surface area (Å²) in [5, 5.41) is 14.2. The van der Waals surface area contributed by atoms with Crippen molar-refractivity contribution in [2.45, 2.75) is 24.8 Å². The molecular formula is C11H12ClF6N3O5. The minimum atomic E-state index is -5.08. The van der Waals surface area contributed by atoms with Crippen LogP contribution in [0.5, 0.6) is 0 Å². The van der Waals surface area contributed by atoms with E-state index in [1.54, 1.807) is 12.4 Å². The van der Waals surface area contributed by atoms with Gasteiger partial charge in [0.1, 0.15) is 6.33 Å². The van der Waals surface area contributed by atoms with Gasteiger partial charge in [0.2, 0.25) is 0 Å². The van der Waals surface area contributed by atoms with Gasteiger partial charge in [-0.3, -0.25) is 0 Å². The van der Waals surface area contributed by atoms with Crippen LogP contribution in [0, 0.1) is 0 Å². The fraction of sp³-hybridized carbons (Fsp3) is 0.455. The number of hydrogen-bond acceptors (Lipinski definition) is 6. The number of nitrogens with one attached hydrogen (secondary N) is 1. The van der Waals surface area contributed by atoms with E-state index in [-0.39, 0.29) is 18.4 Å². The quantitative estimate of drug-likeness (QED) is 0.596. The van der Waals surface area contributed by atoms with Gasteiger partial charge in [-0.1, -0.05) is 0 Å². The fourth-order valence-electron chi connectivity index (χ4n) is 1.12. The Labute approximate surface area is 147 Å². The number of carboxylic acids is 2. The van der Waals surface area contributed by atoms with Crippen LogP contribution < -0.4 is 5.48 Å². The average molecular weight is 416 g/mol. The Hall–Kier alpha value is -2.19. The molecule has 8 nitrogen and oxygen atoms in total. The molecule has 15 heteroatoms. The largest absolute Gasteiger partial charge is 0.490 e. The van der Waals surface area contributed by atoms with Crippen molar-refractivity contribution in [3.8, 4) is 0 Å². The maximum atomic E-state index is 10.6. The number of hydroxylamine groups is 1. The van der Waals surface area contributed by atoms with Crippen molar-refractivity contribution in [3.05, 3.63) is 24.3 Å². The zero-order valence-corrected chi connectivity index (χ0v) is 13.2. The molecule has 0 unspecified atom stereocenters. The Balaban J connectivity index is 0. The molecule has 0 spiro atoms. The zero-order chi connectivity index (χ0) is 19.7. The lowest BCUT2D eigenvalue weighted by molar-refractivity contribution is -0.193.